The Morgan fingerprint density at radius 1 is 0.941 bits per heavy atom. The molecule has 3 nitrogen and oxygen atoms in total. The molecule has 0 atom stereocenters. The summed E-state index contributed by atoms with van der Waals surface area (Å²) in [4.78, 5) is 13.3. The number of nitrogens with one attached hydrogen (secondary N) is 1. The van der Waals surface area contributed by atoms with Gasteiger partial charge in [0.15, 0.2) is 0 Å². The summed E-state index contributed by atoms with van der Waals surface area (Å²) >= 11 is 1.90. The van der Waals surface area contributed by atoms with Crippen molar-refractivity contribution in [2.75, 3.05) is 11.5 Å². The first-order chi connectivity index (χ1) is 15.9. The van der Waals surface area contributed by atoms with Gasteiger partial charge in [0.1, 0.15) is 0 Å². The van der Waals surface area contributed by atoms with Gasteiger partial charge in [0.2, 0.25) is 0 Å². The van der Waals surface area contributed by atoms with E-state index in [2.05, 4.69) is 82.6 Å². The summed E-state index contributed by atoms with van der Waals surface area (Å²) in [5.74, 6) is 2.85. The molecule has 0 radical (unpaired) electrons. The van der Waals surface area contributed by atoms with Gasteiger partial charge in [-0.05, 0) is 71.4 Å². The minimum atomic E-state index is 0.0634. The predicted molar refractivity (Wildman–Crippen MR) is 147 cm³/mol. The molecule has 34 heavy (non-hydrogen) atoms. The van der Waals surface area contributed by atoms with Gasteiger partial charge in [-0.25, -0.2) is 0 Å². The molecule has 2 aliphatic rings. The van der Waals surface area contributed by atoms with Crippen LogP contribution in [0.5, 0.6) is 0 Å². The average Bonchev–Trinajstić information content (AvgIpc) is 3.06. The Hall–Kier alpha value is -1.68. The smallest absolute Gasteiger partial charge is 0.253 e. The number of nitrogens with zero attached hydrogens (tertiary/aromatic N) is 1. The fourth-order valence-electron chi connectivity index (χ4n) is 5.20. The van der Waals surface area contributed by atoms with Gasteiger partial charge >= 0.3 is 0 Å². The minimum absolute atomic E-state index is 0.0634. The minimum Gasteiger partial charge on any atom is -0.348 e. The molecule has 1 saturated carbocycles. The van der Waals surface area contributed by atoms with Crippen LogP contribution in [0.3, 0.4) is 0 Å². The van der Waals surface area contributed by atoms with Gasteiger partial charge < -0.3 is 9.88 Å². The van der Waals surface area contributed by atoms with E-state index in [1.54, 1.807) is 0 Å². The van der Waals surface area contributed by atoms with E-state index in [9.17, 15) is 4.79 Å². The monoisotopic (exact) mass is 480 g/mol. The molecule has 1 saturated heterocycles. The highest BCUT2D eigenvalue weighted by Crippen LogP contribution is 2.37. The molecule has 1 aromatic heterocycles. The summed E-state index contributed by atoms with van der Waals surface area (Å²) in [6.07, 6.45) is 6.63. The third-order valence-electron chi connectivity index (χ3n) is 7.71. The second-order valence-corrected chi connectivity index (χ2v) is 13.7. The number of benzene rings is 1. The van der Waals surface area contributed by atoms with Crippen LogP contribution in [0.1, 0.15) is 101 Å². The molecule has 1 N–H and O–H groups in total. The van der Waals surface area contributed by atoms with Gasteiger partial charge in [-0.3, -0.25) is 4.79 Å². The summed E-state index contributed by atoms with van der Waals surface area (Å²) in [5.41, 5.74) is 7.25. The average molecular weight is 481 g/mol. The largest absolute Gasteiger partial charge is 0.348 e. The van der Waals surface area contributed by atoms with Crippen molar-refractivity contribution < 1.29 is 4.79 Å². The molecular formula is C30H44N2OS. The topological polar surface area (TPSA) is 34.0 Å². The molecule has 0 spiro atoms. The van der Waals surface area contributed by atoms with Crippen molar-refractivity contribution in [1.29, 1.82) is 0 Å². The van der Waals surface area contributed by atoms with E-state index in [1.165, 1.54) is 54.5 Å². The van der Waals surface area contributed by atoms with Gasteiger partial charge in [-0.15, -0.1) is 0 Å². The lowest BCUT2D eigenvalue weighted by Gasteiger charge is -2.27. The first kappa shape index (κ1) is 25.4. The summed E-state index contributed by atoms with van der Waals surface area (Å²) in [6.45, 7) is 16.9. The summed E-state index contributed by atoms with van der Waals surface area (Å²) in [5, 5.41) is 3.27. The highest BCUT2D eigenvalue weighted by atomic mass is 32.2. The van der Waals surface area contributed by atoms with E-state index in [0.717, 1.165) is 29.3 Å². The lowest BCUT2D eigenvalue weighted by Crippen LogP contribution is -2.43. The zero-order chi connectivity index (χ0) is 24.7. The zero-order valence-electron chi connectivity index (χ0n) is 22.4. The molecule has 2 fully saturated rings. The number of carbonyl (C=O) groups is 1. The van der Waals surface area contributed by atoms with E-state index in [1.807, 2.05) is 11.8 Å². The number of hydrogen-bond acceptors (Lipinski definition) is 2. The maximum atomic E-state index is 13.3. The molecule has 2 heterocycles. The molecule has 1 aliphatic heterocycles. The van der Waals surface area contributed by atoms with E-state index in [0.29, 0.717) is 12.0 Å². The first-order valence-electron chi connectivity index (χ1n) is 13.2. The van der Waals surface area contributed by atoms with Crippen molar-refractivity contribution in [2.45, 2.75) is 104 Å². The van der Waals surface area contributed by atoms with Crippen molar-refractivity contribution in [3.63, 3.8) is 0 Å². The molecule has 186 valence electrons. The summed E-state index contributed by atoms with van der Waals surface area (Å²) in [6, 6.07) is 9.61. The fraction of sp³-hybridized carbons (Fsp3) is 0.633. The van der Waals surface area contributed by atoms with E-state index < -0.39 is 0 Å². The highest BCUT2D eigenvalue weighted by molar-refractivity contribution is 8.00. The van der Waals surface area contributed by atoms with E-state index in [4.69, 9.17) is 0 Å². The molecule has 4 heteroatoms. The lowest BCUT2D eigenvalue weighted by molar-refractivity contribution is 0.0942. The SMILES string of the molecule is Cc1c(C(=O)NC2CSC2)cc(-c2cc(C(C)(C)C)cc(C(C)(C)C)c2)n1CC1CCCCC1. The Bertz CT molecular complexity index is 995. The van der Waals surface area contributed by atoms with Crippen molar-refractivity contribution in [1.82, 2.24) is 9.88 Å². The third kappa shape index (κ3) is 5.58. The van der Waals surface area contributed by atoms with Gasteiger partial charge in [-0.1, -0.05) is 66.9 Å². The molecule has 1 amide bonds. The van der Waals surface area contributed by atoms with Crippen LogP contribution in [0, 0.1) is 12.8 Å². The molecule has 2 aromatic rings. The number of amides is 1. The Morgan fingerprint density at radius 3 is 2.03 bits per heavy atom. The van der Waals surface area contributed by atoms with E-state index >= 15 is 0 Å². The number of thioether (sulfide) groups is 1. The number of carbonyl (C=O) groups excluding carboxylic acids is 1. The summed E-state index contributed by atoms with van der Waals surface area (Å²) in [7, 11) is 0. The van der Waals surface area contributed by atoms with Gasteiger partial charge in [-0.2, -0.15) is 11.8 Å². The first-order valence-corrected chi connectivity index (χ1v) is 14.3. The highest BCUT2D eigenvalue weighted by Gasteiger charge is 2.27. The van der Waals surface area contributed by atoms with Crippen molar-refractivity contribution in [2.24, 2.45) is 5.92 Å². The normalized spacial score (nSPS) is 18.1. The Labute approximate surface area is 211 Å². The Balaban J connectivity index is 1.81. The van der Waals surface area contributed by atoms with Crippen LogP contribution in [0.2, 0.25) is 0 Å². The molecule has 1 aromatic carbocycles. The van der Waals surface area contributed by atoms with Crippen LogP contribution in [0.15, 0.2) is 24.3 Å². The molecule has 1 aliphatic carbocycles. The second kappa shape index (κ2) is 9.76. The number of hydrogen-bond donors (Lipinski definition) is 1. The van der Waals surface area contributed by atoms with Gasteiger partial charge in [0.25, 0.3) is 5.91 Å². The van der Waals surface area contributed by atoms with Crippen LogP contribution in [-0.4, -0.2) is 28.0 Å². The van der Waals surface area contributed by atoms with E-state index in [-0.39, 0.29) is 16.7 Å². The van der Waals surface area contributed by atoms with Crippen molar-refractivity contribution >= 4 is 17.7 Å². The molecule has 0 unspecified atom stereocenters. The summed E-state index contributed by atoms with van der Waals surface area (Å²) < 4.78 is 2.47. The second-order valence-electron chi connectivity index (χ2n) is 12.7. The van der Waals surface area contributed by atoms with Crippen molar-refractivity contribution in [3.05, 3.63) is 46.6 Å². The predicted octanol–water partition coefficient (Wildman–Crippen LogP) is 7.48. The quantitative estimate of drug-likeness (QED) is 0.481. The lowest BCUT2D eigenvalue weighted by atomic mass is 9.79. The number of aromatic nitrogens is 1. The van der Waals surface area contributed by atoms with Gasteiger partial charge in [0.05, 0.1) is 5.56 Å². The standard InChI is InChI=1S/C30H44N2OS/c1-20-26(28(33)31-25-18-34-19-25)16-27(32(20)17-21-11-9-8-10-12-21)22-13-23(29(2,3)4)15-24(14-22)30(5,6)7/h13-16,21,25H,8-12,17-19H2,1-7H3,(H,31,33). The molecular weight excluding hydrogens is 436 g/mol. The Kier molecular flexibility index (Phi) is 7.29. The van der Waals surface area contributed by atoms with Crippen LogP contribution < -0.4 is 5.32 Å². The zero-order valence-corrected chi connectivity index (χ0v) is 23.2. The van der Waals surface area contributed by atoms with Crippen LogP contribution >= 0.6 is 11.8 Å². The van der Waals surface area contributed by atoms with Crippen LogP contribution in [-0.2, 0) is 17.4 Å². The van der Waals surface area contributed by atoms with Gasteiger partial charge in [0, 0.05) is 35.5 Å². The van der Waals surface area contributed by atoms with Crippen LogP contribution in [0.25, 0.3) is 11.3 Å². The molecule has 0 bridgehead atoms. The number of rotatable bonds is 5. The van der Waals surface area contributed by atoms with Crippen molar-refractivity contribution in [3.8, 4) is 11.3 Å². The fourth-order valence-corrected chi connectivity index (χ4v) is 5.84. The van der Waals surface area contributed by atoms with Crippen LogP contribution in [0.4, 0.5) is 0 Å². The molecule has 4 rings (SSSR count). The maximum absolute atomic E-state index is 13.3. The Morgan fingerprint density at radius 2 is 1.53 bits per heavy atom. The third-order valence-corrected chi connectivity index (χ3v) is 8.99. The maximum Gasteiger partial charge on any atom is 0.253 e.